The Balaban J connectivity index is 1.45. The van der Waals surface area contributed by atoms with Gasteiger partial charge in [-0.3, -0.25) is 4.90 Å². The van der Waals surface area contributed by atoms with E-state index in [4.69, 9.17) is 14.7 Å². The maximum atomic E-state index is 11.9. The number of nitrogens with one attached hydrogen (secondary N) is 1. The molecule has 0 aromatic carbocycles. The summed E-state index contributed by atoms with van der Waals surface area (Å²) in [6.07, 6.45) is 2.80. The molecule has 32 heavy (non-hydrogen) atoms. The third-order valence-corrected chi connectivity index (χ3v) is 9.08. The van der Waals surface area contributed by atoms with E-state index in [-0.39, 0.29) is 6.04 Å². The summed E-state index contributed by atoms with van der Waals surface area (Å²) in [5.41, 5.74) is 1.16. The maximum absolute atomic E-state index is 11.9. The van der Waals surface area contributed by atoms with Gasteiger partial charge in [0.15, 0.2) is 0 Å². The molecule has 0 aliphatic carbocycles. The molecule has 0 saturated carbocycles. The number of anilines is 1. The number of thiophene rings is 2. The Morgan fingerprint density at radius 3 is 2.62 bits per heavy atom. The predicted molar refractivity (Wildman–Crippen MR) is 130 cm³/mol. The highest BCUT2D eigenvalue weighted by molar-refractivity contribution is 7.88. The number of morpholine rings is 1. The summed E-state index contributed by atoms with van der Waals surface area (Å²) in [5.74, 6) is 1.68. The molecule has 11 heteroatoms. The van der Waals surface area contributed by atoms with Crippen LogP contribution in [0.25, 0.3) is 20.7 Å². The van der Waals surface area contributed by atoms with Crippen molar-refractivity contribution in [3.8, 4) is 10.4 Å². The van der Waals surface area contributed by atoms with Gasteiger partial charge in [0, 0.05) is 48.0 Å². The minimum atomic E-state index is -3.14. The topological polar surface area (TPSA) is 87.7 Å². The van der Waals surface area contributed by atoms with Crippen molar-refractivity contribution in [2.24, 2.45) is 0 Å². The van der Waals surface area contributed by atoms with Crippen LogP contribution in [0.15, 0.2) is 22.9 Å². The molecule has 2 aliphatic rings. The van der Waals surface area contributed by atoms with Crippen LogP contribution < -0.4 is 5.32 Å². The number of hydrogen-bond donors (Lipinski definition) is 1. The average Bonchev–Trinajstić information content (AvgIpc) is 3.44. The molecule has 2 fully saturated rings. The lowest BCUT2D eigenvalue weighted by Gasteiger charge is -2.31. The van der Waals surface area contributed by atoms with Gasteiger partial charge < -0.3 is 10.1 Å². The fraction of sp³-hybridized carbons (Fsp3) is 0.524. The van der Waals surface area contributed by atoms with Crippen LogP contribution in [0, 0.1) is 0 Å². The molecule has 8 nitrogen and oxygen atoms in total. The molecule has 1 N–H and O–H groups in total. The number of aromatic nitrogens is 2. The van der Waals surface area contributed by atoms with Gasteiger partial charge in [0.2, 0.25) is 10.0 Å². The van der Waals surface area contributed by atoms with Gasteiger partial charge in [-0.05, 0) is 24.3 Å². The Morgan fingerprint density at radius 1 is 1.16 bits per heavy atom. The smallest absolute Gasteiger partial charge is 0.211 e. The van der Waals surface area contributed by atoms with Crippen molar-refractivity contribution in [2.45, 2.75) is 25.4 Å². The van der Waals surface area contributed by atoms with Crippen LogP contribution in [0.5, 0.6) is 0 Å². The minimum Gasteiger partial charge on any atom is -0.379 e. The van der Waals surface area contributed by atoms with E-state index in [0.29, 0.717) is 19.6 Å². The van der Waals surface area contributed by atoms with Crippen LogP contribution in [-0.2, 0) is 21.3 Å². The first-order valence-corrected chi connectivity index (χ1v) is 14.4. The van der Waals surface area contributed by atoms with E-state index < -0.39 is 10.0 Å². The quantitative estimate of drug-likeness (QED) is 0.565. The average molecular weight is 494 g/mol. The van der Waals surface area contributed by atoms with Gasteiger partial charge >= 0.3 is 0 Å². The van der Waals surface area contributed by atoms with Crippen molar-refractivity contribution in [2.75, 3.05) is 51.0 Å². The van der Waals surface area contributed by atoms with Crippen molar-refractivity contribution in [3.63, 3.8) is 0 Å². The molecule has 3 aromatic rings. The van der Waals surface area contributed by atoms with Crippen LogP contribution >= 0.6 is 22.7 Å². The van der Waals surface area contributed by atoms with E-state index in [1.54, 1.807) is 27.0 Å². The number of piperidine rings is 1. The number of nitrogens with zero attached hydrogens (tertiary/aromatic N) is 4. The second-order valence-corrected chi connectivity index (χ2v) is 12.1. The fourth-order valence-corrected chi connectivity index (χ4v) is 6.91. The van der Waals surface area contributed by atoms with E-state index in [2.05, 4.69) is 33.1 Å². The van der Waals surface area contributed by atoms with Crippen LogP contribution in [-0.4, -0.2) is 79.3 Å². The first-order valence-electron chi connectivity index (χ1n) is 10.8. The molecule has 5 heterocycles. The third-order valence-electron chi connectivity index (χ3n) is 6.00. The molecule has 2 aliphatic heterocycles. The van der Waals surface area contributed by atoms with Gasteiger partial charge in [-0.2, -0.15) is 0 Å². The second kappa shape index (κ2) is 9.32. The summed E-state index contributed by atoms with van der Waals surface area (Å²) in [6.45, 7) is 5.03. The third kappa shape index (κ3) is 4.82. The summed E-state index contributed by atoms with van der Waals surface area (Å²) in [7, 11) is -3.14. The highest BCUT2D eigenvalue weighted by Crippen LogP contribution is 2.39. The molecule has 3 aromatic heterocycles. The van der Waals surface area contributed by atoms with Gasteiger partial charge in [0.1, 0.15) is 16.5 Å². The molecule has 0 atom stereocenters. The van der Waals surface area contributed by atoms with Gasteiger partial charge in [-0.25, -0.2) is 22.7 Å². The molecule has 0 radical (unpaired) electrons. The number of rotatable bonds is 6. The molecular formula is C21H27N5O3S3. The normalized spacial score (nSPS) is 19.5. The lowest BCUT2D eigenvalue weighted by molar-refractivity contribution is 0.0331. The van der Waals surface area contributed by atoms with E-state index in [1.807, 2.05) is 0 Å². The van der Waals surface area contributed by atoms with Crippen molar-refractivity contribution in [3.05, 3.63) is 28.7 Å². The Kier molecular flexibility index (Phi) is 6.46. The predicted octanol–water partition coefficient (Wildman–Crippen LogP) is 3.09. The Bertz CT molecular complexity index is 1160. The number of fused-ring (bicyclic) bond motifs is 1. The van der Waals surface area contributed by atoms with E-state index in [0.717, 1.165) is 66.6 Å². The van der Waals surface area contributed by atoms with Gasteiger partial charge in [0.25, 0.3) is 0 Å². The molecule has 2 saturated heterocycles. The van der Waals surface area contributed by atoms with Crippen molar-refractivity contribution >= 4 is 48.7 Å². The van der Waals surface area contributed by atoms with Gasteiger partial charge in [-0.1, -0.05) is 6.07 Å². The zero-order valence-electron chi connectivity index (χ0n) is 18.0. The number of ether oxygens (including phenoxy) is 1. The first-order chi connectivity index (χ1) is 15.5. The SMILES string of the molecule is CS(=O)(=O)N1CCC(Nc2nc(CN3CCOCC3)nc3scc(-c4cccs4)c23)CC1. The van der Waals surface area contributed by atoms with Crippen molar-refractivity contribution in [1.29, 1.82) is 0 Å². The molecule has 0 unspecified atom stereocenters. The maximum Gasteiger partial charge on any atom is 0.211 e. The molecule has 172 valence electrons. The first kappa shape index (κ1) is 22.2. The molecule has 0 amide bonds. The Labute approximate surface area is 196 Å². The van der Waals surface area contributed by atoms with E-state index in [1.165, 1.54) is 11.1 Å². The Hall–Kier alpha value is -1.63. The lowest BCUT2D eigenvalue weighted by atomic mass is 10.1. The lowest BCUT2D eigenvalue weighted by Crippen LogP contribution is -2.42. The highest BCUT2D eigenvalue weighted by Gasteiger charge is 2.26. The standard InChI is InChI=1S/C21H27N5O3S3/c1-32(27,28)26-6-4-15(5-7-26)22-20-19-16(17-3-2-12-30-17)14-31-21(19)24-18(23-20)13-25-8-10-29-11-9-25/h2-3,12,14-15H,4-11,13H2,1H3,(H,22,23,24). The number of sulfonamides is 1. The largest absolute Gasteiger partial charge is 0.379 e. The molecular weight excluding hydrogens is 466 g/mol. The molecule has 5 rings (SSSR count). The van der Waals surface area contributed by atoms with Crippen LogP contribution in [0.2, 0.25) is 0 Å². The fourth-order valence-electron chi connectivity index (χ4n) is 4.26. The number of hydrogen-bond acceptors (Lipinski definition) is 9. The van der Waals surface area contributed by atoms with E-state index in [9.17, 15) is 8.42 Å². The zero-order valence-corrected chi connectivity index (χ0v) is 20.4. The molecule has 0 bridgehead atoms. The highest BCUT2D eigenvalue weighted by atomic mass is 32.2. The van der Waals surface area contributed by atoms with Gasteiger partial charge in [-0.15, -0.1) is 22.7 Å². The zero-order chi connectivity index (χ0) is 22.1. The van der Waals surface area contributed by atoms with Gasteiger partial charge in [0.05, 0.1) is 31.4 Å². The summed E-state index contributed by atoms with van der Waals surface area (Å²) in [5, 5.41) is 8.97. The Morgan fingerprint density at radius 2 is 1.94 bits per heavy atom. The monoisotopic (exact) mass is 493 g/mol. The van der Waals surface area contributed by atoms with Crippen LogP contribution in [0.3, 0.4) is 0 Å². The molecule has 0 spiro atoms. The van der Waals surface area contributed by atoms with Crippen LogP contribution in [0.4, 0.5) is 5.82 Å². The summed E-state index contributed by atoms with van der Waals surface area (Å²) in [6, 6.07) is 4.37. The minimum absolute atomic E-state index is 0.179. The van der Waals surface area contributed by atoms with Crippen LogP contribution in [0.1, 0.15) is 18.7 Å². The van der Waals surface area contributed by atoms with Crippen molar-refractivity contribution < 1.29 is 13.2 Å². The second-order valence-electron chi connectivity index (χ2n) is 8.26. The van der Waals surface area contributed by atoms with E-state index >= 15 is 0 Å². The summed E-state index contributed by atoms with van der Waals surface area (Å²) < 4.78 is 30.8. The van der Waals surface area contributed by atoms with Crippen molar-refractivity contribution in [1.82, 2.24) is 19.2 Å². The summed E-state index contributed by atoms with van der Waals surface area (Å²) >= 11 is 3.37. The summed E-state index contributed by atoms with van der Waals surface area (Å²) in [4.78, 5) is 14.4.